The third-order valence-electron chi connectivity index (χ3n) is 3.96. The Hall–Kier alpha value is -2.89. The maximum atomic E-state index is 12.6. The van der Waals surface area contributed by atoms with Crippen molar-refractivity contribution in [3.8, 4) is 0 Å². The van der Waals surface area contributed by atoms with Crippen LogP contribution in [-0.4, -0.2) is 34.4 Å². The number of carbonyl (C=O) groups excluding carboxylic acids is 2. The monoisotopic (exact) mass is 341 g/mol. The number of anilines is 1. The van der Waals surface area contributed by atoms with Crippen LogP contribution in [0.1, 0.15) is 30.6 Å². The van der Waals surface area contributed by atoms with Gasteiger partial charge in [-0.05, 0) is 32.0 Å². The zero-order valence-corrected chi connectivity index (χ0v) is 14.6. The SMILES string of the molecule is CCN(CC)C(=O)c1ccccc1NC(=O)CCn1ccccc1=O. The fourth-order valence-corrected chi connectivity index (χ4v) is 2.54. The van der Waals surface area contributed by atoms with E-state index in [1.807, 2.05) is 13.8 Å². The second-order valence-electron chi connectivity index (χ2n) is 5.55. The summed E-state index contributed by atoms with van der Waals surface area (Å²) in [5.41, 5.74) is 0.814. The van der Waals surface area contributed by atoms with Crippen molar-refractivity contribution in [2.24, 2.45) is 0 Å². The van der Waals surface area contributed by atoms with Gasteiger partial charge in [-0.1, -0.05) is 18.2 Å². The minimum Gasteiger partial charge on any atom is -0.339 e. The molecule has 2 amide bonds. The van der Waals surface area contributed by atoms with E-state index in [-0.39, 0.29) is 30.3 Å². The van der Waals surface area contributed by atoms with Crippen molar-refractivity contribution in [2.75, 3.05) is 18.4 Å². The number of benzene rings is 1. The molecule has 0 fully saturated rings. The summed E-state index contributed by atoms with van der Waals surface area (Å²) in [6.45, 7) is 5.33. The first-order chi connectivity index (χ1) is 12.1. The minimum atomic E-state index is -0.240. The molecule has 2 rings (SSSR count). The van der Waals surface area contributed by atoms with Crippen LogP contribution in [0.25, 0.3) is 0 Å². The molecular weight excluding hydrogens is 318 g/mol. The predicted octanol–water partition coefficient (Wildman–Crippen LogP) is 2.36. The molecule has 0 unspecified atom stereocenters. The number of hydrogen-bond donors (Lipinski definition) is 1. The third-order valence-corrected chi connectivity index (χ3v) is 3.96. The van der Waals surface area contributed by atoms with Crippen LogP contribution in [0.5, 0.6) is 0 Å². The lowest BCUT2D eigenvalue weighted by atomic mass is 10.1. The molecule has 0 atom stereocenters. The van der Waals surface area contributed by atoms with Gasteiger partial charge in [-0.3, -0.25) is 14.4 Å². The van der Waals surface area contributed by atoms with E-state index in [1.54, 1.807) is 47.5 Å². The highest BCUT2D eigenvalue weighted by atomic mass is 16.2. The number of para-hydroxylation sites is 1. The topological polar surface area (TPSA) is 71.4 Å². The predicted molar refractivity (Wildman–Crippen MR) is 97.6 cm³/mol. The van der Waals surface area contributed by atoms with Gasteiger partial charge in [0.25, 0.3) is 11.5 Å². The molecule has 1 aromatic heterocycles. The van der Waals surface area contributed by atoms with E-state index in [4.69, 9.17) is 0 Å². The highest BCUT2D eigenvalue weighted by Crippen LogP contribution is 2.17. The molecule has 132 valence electrons. The molecule has 0 saturated heterocycles. The van der Waals surface area contributed by atoms with Crippen molar-refractivity contribution in [1.82, 2.24) is 9.47 Å². The molecule has 25 heavy (non-hydrogen) atoms. The average molecular weight is 341 g/mol. The van der Waals surface area contributed by atoms with E-state index >= 15 is 0 Å². The molecule has 0 aliphatic rings. The quantitative estimate of drug-likeness (QED) is 0.840. The number of hydrogen-bond acceptors (Lipinski definition) is 3. The van der Waals surface area contributed by atoms with Crippen molar-refractivity contribution < 1.29 is 9.59 Å². The molecule has 6 nitrogen and oxygen atoms in total. The molecule has 0 aliphatic carbocycles. The first kappa shape index (κ1) is 18.4. The van der Waals surface area contributed by atoms with Gasteiger partial charge >= 0.3 is 0 Å². The molecule has 0 radical (unpaired) electrons. The van der Waals surface area contributed by atoms with Crippen LogP contribution in [0.4, 0.5) is 5.69 Å². The van der Waals surface area contributed by atoms with E-state index in [2.05, 4.69) is 5.32 Å². The van der Waals surface area contributed by atoms with Crippen LogP contribution >= 0.6 is 0 Å². The molecule has 0 saturated carbocycles. The molecule has 1 N–H and O–H groups in total. The van der Waals surface area contributed by atoms with Crippen LogP contribution < -0.4 is 10.9 Å². The summed E-state index contributed by atoms with van der Waals surface area (Å²) in [6, 6.07) is 11.8. The van der Waals surface area contributed by atoms with Crippen LogP contribution in [0, 0.1) is 0 Å². The number of carbonyl (C=O) groups is 2. The van der Waals surface area contributed by atoms with E-state index in [9.17, 15) is 14.4 Å². The molecule has 2 aromatic rings. The van der Waals surface area contributed by atoms with Crippen molar-refractivity contribution >= 4 is 17.5 Å². The number of pyridine rings is 1. The highest BCUT2D eigenvalue weighted by Gasteiger charge is 2.17. The fraction of sp³-hybridized carbons (Fsp3) is 0.316. The first-order valence-corrected chi connectivity index (χ1v) is 8.40. The summed E-state index contributed by atoms with van der Waals surface area (Å²) in [5.74, 6) is -0.351. The Kier molecular flexibility index (Phi) is 6.51. The van der Waals surface area contributed by atoms with Gasteiger partial charge in [-0.2, -0.15) is 0 Å². The Morgan fingerprint density at radius 1 is 1.04 bits per heavy atom. The highest BCUT2D eigenvalue weighted by molar-refractivity contribution is 6.03. The van der Waals surface area contributed by atoms with Gasteiger partial charge in [-0.15, -0.1) is 0 Å². The molecule has 6 heteroatoms. The minimum absolute atomic E-state index is 0.111. The van der Waals surface area contributed by atoms with Crippen molar-refractivity contribution in [3.05, 3.63) is 64.6 Å². The maximum Gasteiger partial charge on any atom is 0.255 e. The fourth-order valence-electron chi connectivity index (χ4n) is 2.54. The van der Waals surface area contributed by atoms with E-state index in [0.29, 0.717) is 24.3 Å². The Morgan fingerprint density at radius 3 is 2.40 bits per heavy atom. The largest absolute Gasteiger partial charge is 0.339 e. The lowest BCUT2D eigenvalue weighted by molar-refractivity contribution is -0.116. The van der Waals surface area contributed by atoms with Crippen LogP contribution in [-0.2, 0) is 11.3 Å². The average Bonchev–Trinajstić information content (AvgIpc) is 2.62. The van der Waals surface area contributed by atoms with E-state index < -0.39 is 0 Å². The molecule has 0 bridgehead atoms. The standard InChI is InChI=1S/C19H23N3O3/c1-3-21(4-2)19(25)15-9-5-6-10-16(15)20-17(23)12-14-22-13-8-7-11-18(22)24/h5-11,13H,3-4,12,14H2,1-2H3,(H,20,23). The Labute approximate surface area is 147 Å². The normalized spacial score (nSPS) is 10.3. The molecule has 1 heterocycles. The number of aryl methyl sites for hydroxylation is 1. The third kappa shape index (κ3) is 4.79. The van der Waals surface area contributed by atoms with Gasteiger partial charge in [-0.25, -0.2) is 0 Å². The zero-order valence-electron chi connectivity index (χ0n) is 14.6. The Morgan fingerprint density at radius 2 is 1.72 bits per heavy atom. The zero-order chi connectivity index (χ0) is 18.2. The number of amides is 2. The van der Waals surface area contributed by atoms with Gasteiger partial charge in [0.15, 0.2) is 0 Å². The van der Waals surface area contributed by atoms with Gasteiger partial charge in [0.05, 0.1) is 11.3 Å². The summed E-state index contributed by atoms with van der Waals surface area (Å²) < 4.78 is 1.48. The van der Waals surface area contributed by atoms with Crippen molar-refractivity contribution in [2.45, 2.75) is 26.8 Å². The van der Waals surface area contributed by atoms with Gasteiger partial charge < -0.3 is 14.8 Å². The van der Waals surface area contributed by atoms with Gasteiger partial charge in [0.1, 0.15) is 0 Å². The summed E-state index contributed by atoms with van der Waals surface area (Å²) in [7, 11) is 0. The van der Waals surface area contributed by atoms with E-state index in [1.165, 1.54) is 10.6 Å². The smallest absolute Gasteiger partial charge is 0.255 e. The summed E-state index contributed by atoms with van der Waals surface area (Å²) in [6.07, 6.45) is 1.80. The van der Waals surface area contributed by atoms with E-state index in [0.717, 1.165) is 0 Å². The second kappa shape index (κ2) is 8.82. The van der Waals surface area contributed by atoms with Gasteiger partial charge in [0.2, 0.25) is 5.91 Å². The van der Waals surface area contributed by atoms with Gasteiger partial charge in [0, 0.05) is 38.3 Å². The maximum absolute atomic E-state index is 12.6. The number of rotatable bonds is 7. The first-order valence-electron chi connectivity index (χ1n) is 8.40. The number of nitrogens with zero attached hydrogens (tertiary/aromatic N) is 2. The molecule has 0 spiro atoms. The number of nitrogens with one attached hydrogen (secondary N) is 1. The lowest BCUT2D eigenvalue weighted by Crippen LogP contribution is -2.31. The van der Waals surface area contributed by atoms with Crippen LogP contribution in [0.2, 0.25) is 0 Å². The summed E-state index contributed by atoms with van der Waals surface area (Å²) >= 11 is 0. The Balaban J connectivity index is 2.07. The second-order valence-corrected chi connectivity index (χ2v) is 5.55. The van der Waals surface area contributed by atoms with Crippen molar-refractivity contribution in [1.29, 1.82) is 0 Å². The Bertz CT molecular complexity index is 794. The van der Waals surface area contributed by atoms with Crippen LogP contribution in [0.15, 0.2) is 53.5 Å². The molecule has 0 aliphatic heterocycles. The molecule has 1 aromatic carbocycles. The molecular formula is C19H23N3O3. The summed E-state index contributed by atoms with van der Waals surface area (Å²) in [4.78, 5) is 38.2. The number of aromatic nitrogens is 1. The lowest BCUT2D eigenvalue weighted by Gasteiger charge is -2.20. The van der Waals surface area contributed by atoms with Crippen molar-refractivity contribution in [3.63, 3.8) is 0 Å². The summed E-state index contributed by atoms with van der Waals surface area (Å²) in [5, 5.41) is 2.78. The van der Waals surface area contributed by atoms with Crippen LogP contribution in [0.3, 0.4) is 0 Å².